The van der Waals surface area contributed by atoms with Crippen LogP contribution in [0.3, 0.4) is 0 Å². The SMILES string of the molecule is COc1cccc(CN(C(=O)COc2cc(C)cc(C)c2)[C@H](C)C(=O)NC2CCCC2)c1. The summed E-state index contributed by atoms with van der Waals surface area (Å²) in [6.45, 7) is 5.93. The molecule has 1 fully saturated rings. The molecule has 0 unspecified atom stereocenters. The van der Waals surface area contributed by atoms with Gasteiger partial charge in [-0.05, 0) is 74.6 Å². The number of carbonyl (C=O) groups excluding carboxylic acids is 2. The third-order valence-electron chi connectivity index (χ3n) is 5.91. The number of carbonyl (C=O) groups is 2. The first-order valence-corrected chi connectivity index (χ1v) is 11.3. The van der Waals surface area contributed by atoms with Crippen LogP contribution in [0.5, 0.6) is 11.5 Å². The van der Waals surface area contributed by atoms with Crippen LogP contribution in [0.2, 0.25) is 0 Å². The van der Waals surface area contributed by atoms with E-state index in [1.165, 1.54) is 0 Å². The molecule has 1 aliphatic rings. The quantitative estimate of drug-likeness (QED) is 0.638. The molecule has 1 N–H and O–H groups in total. The van der Waals surface area contributed by atoms with E-state index in [4.69, 9.17) is 9.47 Å². The second-order valence-electron chi connectivity index (χ2n) is 8.65. The Morgan fingerprint density at radius 2 is 1.75 bits per heavy atom. The topological polar surface area (TPSA) is 67.9 Å². The van der Waals surface area contributed by atoms with Crippen molar-refractivity contribution < 1.29 is 19.1 Å². The van der Waals surface area contributed by atoms with Crippen molar-refractivity contribution in [2.45, 2.75) is 65.1 Å². The molecule has 3 rings (SSSR count). The number of amides is 2. The van der Waals surface area contributed by atoms with Gasteiger partial charge in [-0.2, -0.15) is 0 Å². The van der Waals surface area contributed by atoms with Crippen LogP contribution in [0.15, 0.2) is 42.5 Å². The minimum Gasteiger partial charge on any atom is -0.497 e. The number of nitrogens with one attached hydrogen (secondary N) is 1. The van der Waals surface area contributed by atoms with Crippen molar-refractivity contribution in [2.75, 3.05) is 13.7 Å². The van der Waals surface area contributed by atoms with Crippen LogP contribution in [0.4, 0.5) is 0 Å². The summed E-state index contributed by atoms with van der Waals surface area (Å²) in [7, 11) is 1.61. The first kappa shape index (κ1) is 23.6. The standard InChI is InChI=1S/C26H34N2O4/c1-18-12-19(2)14-24(13-18)32-17-25(29)28(16-21-8-7-11-23(15-21)31-4)20(3)26(30)27-22-9-5-6-10-22/h7-8,11-15,20,22H,5-6,9-10,16-17H2,1-4H3,(H,27,30)/t20-/m1/s1. The van der Waals surface area contributed by atoms with Gasteiger partial charge >= 0.3 is 0 Å². The number of ether oxygens (including phenoxy) is 2. The van der Waals surface area contributed by atoms with Crippen molar-refractivity contribution in [3.8, 4) is 11.5 Å². The molecule has 0 bridgehead atoms. The molecule has 172 valence electrons. The number of aryl methyl sites for hydroxylation is 2. The maximum Gasteiger partial charge on any atom is 0.261 e. The van der Waals surface area contributed by atoms with Gasteiger partial charge in [0.15, 0.2) is 6.61 Å². The maximum atomic E-state index is 13.2. The Labute approximate surface area is 190 Å². The predicted molar refractivity (Wildman–Crippen MR) is 125 cm³/mol. The zero-order chi connectivity index (χ0) is 23.1. The zero-order valence-corrected chi connectivity index (χ0v) is 19.5. The Morgan fingerprint density at radius 1 is 1.06 bits per heavy atom. The fraction of sp³-hybridized carbons (Fsp3) is 0.462. The van der Waals surface area contributed by atoms with Crippen LogP contribution in [-0.2, 0) is 16.1 Å². The van der Waals surface area contributed by atoms with Crippen molar-refractivity contribution in [1.29, 1.82) is 0 Å². The molecule has 2 aromatic rings. The molecule has 0 heterocycles. The lowest BCUT2D eigenvalue weighted by molar-refractivity contribution is -0.142. The number of nitrogens with zero attached hydrogens (tertiary/aromatic N) is 1. The van der Waals surface area contributed by atoms with Gasteiger partial charge in [0.25, 0.3) is 5.91 Å². The first-order chi connectivity index (χ1) is 15.4. The van der Waals surface area contributed by atoms with Gasteiger partial charge in [0.2, 0.25) is 5.91 Å². The van der Waals surface area contributed by atoms with E-state index in [9.17, 15) is 9.59 Å². The molecule has 1 aliphatic carbocycles. The lowest BCUT2D eigenvalue weighted by Crippen LogP contribution is -2.50. The minimum absolute atomic E-state index is 0.125. The van der Waals surface area contributed by atoms with Crippen molar-refractivity contribution in [1.82, 2.24) is 10.2 Å². The van der Waals surface area contributed by atoms with Gasteiger partial charge in [-0.25, -0.2) is 0 Å². The summed E-state index contributed by atoms with van der Waals surface area (Å²) in [6.07, 6.45) is 4.27. The van der Waals surface area contributed by atoms with Crippen LogP contribution in [0.25, 0.3) is 0 Å². The van der Waals surface area contributed by atoms with E-state index in [0.717, 1.165) is 42.4 Å². The fourth-order valence-corrected chi connectivity index (χ4v) is 4.19. The average Bonchev–Trinajstić information content (AvgIpc) is 3.28. The van der Waals surface area contributed by atoms with Crippen LogP contribution in [0.1, 0.15) is 49.3 Å². The third kappa shape index (κ3) is 6.49. The zero-order valence-electron chi connectivity index (χ0n) is 19.5. The molecule has 6 nitrogen and oxygen atoms in total. The molecule has 1 atom stereocenters. The van der Waals surface area contributed by atoms with Crippen LogP contribution >= 0.6 is 0 Å². The van der Waals surface area contributed by atoms with Gasteiger partial charge in [0.05, 0.1) is 7.11 Å². The molecule has 32 heavy (non-hydrogen) atoms. The second kappa shape index (κ2) is 11.0. The van der Waals surface area contributed by atoms with Crippen molar-refractivity contribution in [3.63, 3.8) is 0 Å². The van der Waals surface area contributed by atoms with Crippen LogP contribution in [0, 0.1) is 13.8 Å². The largest absolute Gasteiger partial charge is 0.497 e. The number of hydrogen-bond acceptors (Lipinski definition) is 4. The molecule has 1 saturated carbocycles. The lowest BCUT2D eigenvalue weighted by Gasteiger charge is -2.29. The van der Waals surface area contributed by atoms with Crippen LogP contribution < -0.4 is 14.8 Å². The van der Waals surface area contributed by atoms with Crippen molar-refractivity contribution >= 4 is 11.8 Å². The number of benzene rings is 2. The van der Waals surface area contributed by atoms with Crippen molar-refractivity contribution in [3.05, 3.63) is 59.2 Å². The summed E-state index contributed by atoms with van der Waals surface area (Å²) >= 11 is 0. The molecular weight excluding hydrogens is 404 g/mol. The number of methoxy groups -OCH3 is 1. The predicted octanol–water partition coefficient (Wildman–Crippen LogP) is 4.17. The van der Waals surface area contributed by atoms with Gasteiger partial charge in [-0.3, -0.25) is 9.59 Å². The lowest BCUT2D eigenvalue weighted by atomic mass is 10.1. The number of hydrogen-bond donors (Lipinski definition) is 1. The third-order valence-corrected chi connectivity index (χ3v) is 5.91. The van der Waals surface area contributed by atoms with E-state index < -0.39 is 6.04 Å². The fourth-order valence-electron chi connectivity index (χ4n) is 4.19. The highest BCUT2D eigenvalue weighted by atomic mass is 16.5. The summed E-state index contributed by atoms with van der Waals surface area (Å²) in [6, 6.07) is 13.0. The van der Waals surface area contributed by atoms with E-state index in [1.807, 2.05) is 50.2 Å². The van der Waals surface area contributed by atoms with E-state index in [1.54, 1.807) is 18.9 Å². The summed E-state index contributed by atoms with van der Waals surface area (Å²) in [5.41, 5.74) is 3.04. The highest BCUT2D eigenvalue weighted by molar-refractivity contribution is 5.88. The van der Waals surface area contributed by atoms with Crippen molar-refractivity contribution in [2.24, 2.45) is 0 Å². The smallest absolute Gasteiger partial charge is 0.261 e. The van der Waals surface area contributed by atoms with Gasteiger partial charge in [0, 0.05) is 12.6 Å². The number of rotatable bonds is 9. The molecule has 0 saturated heterocycles. The highest BCUT2D eigenvalue weighted by Crippen LogP contribution is 2.20. The Kier molecular flexibility index (Phi) is 8.14. The molecule has 0 spiro atoms. The van der Waals surface area contributed by atoms with E-state index in [0.29, 0.717) is 18.0 Å². The first-order valence-electron chi connectivity index (χ1n) is 11.3. The summed E-state index contributed by atoms with van der Waals surface area (Å²) in [5, 5.41) is 3.11. The minimum atomic E-state index is -0.614. The van der Waals surface area contributed by atoms with Gasteiger partial charge < -0.3 is 19.7 Å². The Morgan fingerprint density at radius 3 is 2.41 bits per heavy atom. The van der Waals surface area contributed by atoms with Gasteiger partial charge in [0.1, 0.15) is 17.5 Å². The van der Waals surface area contributed by atoms with E-state index in [-0.39, 0.29) is 24.5 Å². The molecule has 0 aliphatic heterocycles. The summed E-state index contributed by atoms with van der Waals surface area (Å²) in [5.74, 6) is 1.00. The van der Waals surface area contributed by atoms with E-state index in [2.05, 4.69) is 11.4 Å². The molecule has 2 amide bonds. The summed E-state index contributed by atoms with van der Waals surface area (Å²) < 4.78 is 11.1. The molecular formula is C26H34N2O4. The highest BCUT2D eigenvalue weighted by Gasteiger charge is 2.28. The molecule has 6 heteroatoms. The Balaban J connectivity index is 1.74. The average molecular weight is 439 g/mol. The monoisotopic (exact) mass is 438 g/mol. The maximum absolute atomic E-state index is 13.2. The van der Waals surface area contributed by atoms with Gasteiger partial charge in [-0.1, -0.05) is 31.0 Å². The van der Waals surface area contributed by atoms with Gasteiger partial charge in [-0.15, -0.1) is 0 Å². The normalized spacial score (nSPS) is 14.6. The molecule has 0 radical (unpaired) electrons. The molecule has 0 aromatic heterocycles. The summed E-state index contributed by atoms with van der Waals surface area (Å²) in [4.78, 5) is 27.8. The van der Waals surface area contributed by atoms with Crippen LogP contribution in [-0.4, -0.2) is 42.5 Å². The molecule has 2 aromatic carbocycles. The Hall–Kier alpha value is -3.02. The second-order valence-corrected chi connectivity index (χ2v) is 8.65. The van der Waals surface area contributed by atoms with E-state index >= 15 is 0 Å². The Bertz CT molecular complexity index is 917.